The van der Waals surface area contributed by atoms with E-state index in [-0.39, 0.29) is 22.2 Å². The highest BCUT2D eigenvalue weighted by atomic mass is 35.5. The van der Waals surface area contributed by atoms with Crippen LogP contribution in [0.3, 0.4) is 0 Å². The van der Waals surface area contributed by atoms with E-state index in [1.54, 1.807) is 24.3 Å². The summed E-state index contributed by atoms with van der Waals surface area (Å²) in [4.78, 5) is -0.00571. The van der Waals surface area contributed by atoms with Crippen LogP contribution in [0.25, 0.3) is 10.9 Å². The van der Waals surface area contributed by atoms with Crippen LogP contribution in [0.1, 0.15) is 17.4 Å². The van der Waals surface area contributed by atoms with E-state index >= 15 is 0 Å². The van der Waals surface area contributed by atoms with Gasteiger partial charge in [-0.3, -0.25) is 9.82 Å². The van der Waals surface area contributed by atoms with Crippen LogP contribution >= 0.6 is 11.6 Å². The van der Waals surface area contributed by atoms with E-state index in [0.29, 0.717) is 24.4 Å². The van der Waals surface area contributed by atoms with Crippen LogP contribution in [0.4, 0.5) is 11.4 Å². The fourth-order valence-corrected chi connectivity index (χ4v) is 4.74. The van der Waals surface area contributed by atoms with E-state index in [4.69, 9.17) is 22.1 Å². The van der Waals surface area contributed by atoms with E-state index in [1.807, 2.05) is 25.1 Å². The van der Waals surface area contributed by atoms with Crippen LogP contribution in [-0.2, 0) is 10.0 Å². The van der Waals surface area contributed by atoms with Gasteiger partial charge in [0.05, 0.1) is 32.9 Å². The number of sulfonamides is 1. The number of aromatic amines is 1. The van der Waals surface area contributed by atoms with Gasteiger partial charge in [0.2, 0.25) is 0 Å². The standard InChI is InChI=1S/C24H26ClN5O4S/c1-15-20-7-5-18(12-23(20)29-28-15)34-10-9-27-14-24(31)16-3-2-4-17(11-16)30-35(32,33)19-6-8-21(25)22(26)13-19/h2-8,11-13,24,27,30-31H,9-10,14,26H2,1H3,(H,28,29)/t24-/m0/s1. The molecular formula is C24H26ClN5O4S. The fraction of sp³-hybridized carbons (Fsp3) is 0.208. The number of H-pyrrole nitrogens is 1. The monoisotopic (exact) mass is 515 g/mol. The second kappa shape index (κ2) is 10.5. The number of ether oxygens (including phenoxy) is 1. The molecule has 0 aliphatic heterocycles. The van der Waals surface area contributed by atoms with Gasteiger partial charge in [-0.25, -0.2) is 8.42 Å². The molecule has 0 fully saturated rings. The first-order chi connectivity index (χ1) is 16.7. The number of halogens is 1. The smallest absolute Gasteiger partial charge is 0.261 e. The SMILES string of the molecule is Cc1n[nH]c2cc(OCCNC[C@H](O)c3cccc(NS(=O)(=O)c4ccc(Cl)c(N)c4)c3)ccc12. The second-order valence-electron chi connectivity index (χ2n) is 8.00. The number of hydrogen-bond acceptors (Lipinski definition) is 7. The molecule has 0 aliphatic rings. The predicted molar refractivity (Wildman–Crippen MR) is 137 cm³/mol. The number of nitrogen functional groups attached to an aromatic ring is 1. The van der Waals surface area contributed by atoms with Crippen molar-refractivity contribution >= 4 is 43.9 Å². The number of anilines is 2. The number of fused-ring (bicyclic) bond motifs is 1. The zero-order chi connectivity index (χ0) is 25.0. The van der Waals surface area contributed by atoms with Gasteiger partial charge in [-0.15, -0.1) is 0 Å². The minimum Gasteiger partial charge on any atom is -0.492 e. The van der Waals surface area contributed by atoms with Crippen LogP contribution in [0, 0.1) is 6.92 Å². The topological polar surface area (TPSA) is 142 Å². The molecule has 3 aromatic carbocycles. The van der Waals surface area contributed by atoms with Crippen molar-refractivity contribution in [3.8, 4) is 5.75 Å². The highest BCUT2D eigenvalue weighted by Crippen LogP contribution is 2.25. The molecule has 6 N–H and O–H groups in total. The number of aromatic nitrogens is 2. The third-order valence-corrected chi connectivity index (χ3v) is 7.13. The van der Waals surface area contributed by atoms with Gasteiger partial charge in [0.1, 0.15) is 12.4 Å². The lowest BCUT2D eigenvalue weighted by atomic mass is 10.1. The van der Waals surface area contributed by atoms with Gasteiger partial charge >= 0.3 is 0 Å². The summed E-state index contributed by atoms with van der Waals surface area (Å²) in [6.45, 7) is 3.14. The molecule has 0 aliphatic carbocycles. The van der Waals surface area contributed by atoms with E-state index in [1.165, 1.54) is 18.2 Å². The molecule has 1 heterocycles. The van der Waals surface area contributed by atoms with Crippen molar-refractivity contribution < 1.29 is 18.3 Å². The molecule has 4 aromatic rings. The average Bonchev–Trinajstić information content (AvgIpc) is 3.20. The van der Waals surface area contributed by atoms with Crippen molar-refractivity contribution in [2.24, 2.45) is 0 Å². The minimum atomic E-state index is -3.87. The number of nitrogens with one attached hydrogen (secondary N) is 3. The molecule has 184 valence electrons. The number of rotatable bonds is 10. The maximum Gasteiger partial charge on any atom is 0.261 e. The number of aliphatic hydroxyl groups is 1. The zero-order valence-electron chi connectivity index (χ0n) is 19.0. The van der Waals surface area contributed by atoms with E-state index in [2.05, 4.69) is 20.2 Å². The van der Waals surface area contributed by atoms with E-state index < -0.39 is 16.1 Å². The Labute approximate surface area is 208 Å². The summed E-state index contributed by atoms with van der Waals surface area (Å²) < 4.78 is 33.6. The molecule has 35 heavy (non-hydrogen) atoms. The number of benzene rings is 3. The summed E-state index contributed by atoms with van der Waals surface area (Å²) in [6, 6.07) is 16.4. The van der Waals surface area contributed by atoms with Gasteiger partial charge in [0.15, 0.2) is 0 Å². The molecule has 9 nitrogen and oxygen atoms in total. The minimum absolute atomic E-state index is 0.00571. The molecule has 0 unspecified atom stereocenters. The van der Waals surface area contributed by atoms with Crippen molar-refractivity contribution in [3.05, 3.63) is 76.9 Å². The quantitative estimate of drug-likeness (QED) is 0.160. The molecule has 11 heteroatoms. The van der Waals surface area contributed by atoms with Crippen LogP contribution in [0.5, 0.6) is 5.75 Å². The molecule has 1 aromatic heterocycles. The summed E-state index contributed by atoms with van der Waals surface area (Å²) in [6.07, 6.45) is -0.838. The molecule has 0 bridgehead atoms. The number of aliphatic hydroxyl groups excluding tert-OH is 1. The number of nitrogens with zero attached hydrogens (tertiary/aromatic N) is 1. The Morgan fingerprint density at radius 1 is 1.17 bits per heavy atom. The summed E-state index contributed by atoms with van der Waals surface area (Å²) in [5, 5.41) is 22.2. The van der Waals surface area contributed by atoms with Crippen molar-refractivity contribution in [1.82, 2.24) is 15.5 Å². The number of aryl methyl sites for hydroxylation is 1. The molecule has 4 rings (SSSR count). The molecular weight excluding hydrogens is 490 g/mol. The van der Waals surface area contributed by atoms with Crippen molar-refractivity contribution in [3.63, 3.8) is 0 Å². The molecule has 0 amide bonds. The predicted octanol–water partition coefficient (Wildman–Crippen LogP) is 3.61. The van der Waals surface area contributed by atoms with Gasteiger partial charge in [0, 0.05) is 30.2 Å². The van der Waals surface area contributed by atoms with Crippen LogP contribution in [0.15, 0.2) is 65.6 Å². The molecule has 0 saturated heterocycles. The Hall–Kier alpha value is -3.31. The highest BCUT2D eigenvalue weighted by Gasteiger charge is 2.16. The Morgan fingerprint density at radius 3 is 2.80 bits per heavy atom. The van der Waals surface area contributed by atoms with Crippen LogP contribution in [0.2, 0.25) is 5.02 Å². The van der Waals surface area contributed by atoms with Crippen LogP contribution in [-0.4, -0.2) is 43.4 Å². The van der Waals surface area contributed by atoms with Gasteiger partial charge < -0.3 is 20.9 Å². The summed E-state index contributed by atoms with van der Waals surface area (Å²) >= 11 is 5.88. The third kappa shape index (κ3) is 6.04. The van der Waals surface area contributed by atoms with Gasteiger partial charge in [0.25, 0.3) is 10.0 Å². The lowest BCUT2D eigenvalue weighted by molar-refractivity contribution is 0.172. The Morgan fingerprint density at radius 2 is 2.00 bits per heavy atom. The van der Waals surface area contributed by atoms with Crippen molar-refractivity contribution in [1.29, 1.82) is 0 Å². The van der Waals surface area contributed by atoms with Crippen molar-refractivity contribution in [2.45, 2.75) is 17.9 Å². The van der Waals surface area contributed by atoms with E-state index in [0.717, 1.165) is 22.3 Å². The lowest BCUT2D eigenvalue weighted by Crippen LogP contribution is -2.26. The van der Waals surface area contributed by atoms with Crippen LogP contribution < -0.4 is 20.5 Å². The Kier molecular flexibility index (Phi) is 7.46. The zero-order valence-corrected chi connectivity index (χ0v) is 20.5. The number of hydrogen-bond donors (Lipinski definition) is 5. The normalized spacial score (nSPS) is 12.5. The summed E-state index contributed by atoms with van der Waals surface area (Å²) in [7, 11) is -3.87. The first-order valence-electron chi connectivity index (χ1n) is 10.9. The summed E-state index contributed by atoms with van der Waals surface area (Å²) in [5.41, 5.74) is 8.63. The Bertz CT molecular complexity index is 1440. The summed E-state index contributed by atoms with van der Waals surface area (Å²) in [5.74, 6) is 0.728. The first kappa shape index (κ1) is 24.8. The highest BCUT2D eigenvalue weighted by molar-refractivity contribution is 7.92. The molecule has 0 saturated carbocycles. The maximum absolute atomic E-state index is 12.7. The largest absolute Gasteiger partial charge is 0.492 e. The Balaban J connectivity index is 1.28. The second-order valence-corrected chi connectivity index (χ2v) is 10.1. The molecule has 0 spiro atoms. The maximum atomic E-state index is 12.7. The van der Waals surface area contributed by atoms with Gasteiger partial charge in [-0.1, -0.05) is 23.7 Å². The fourth-order valence-electron chi connectivity index (χ4n) is 3.54. The van der Waals surface area contributed by atoms with Crippen molar-refractivity contribution in [2.75, 3.05) is 30.2 Å². The molecule has 0 radical (unpaired) electrons. The van der Waals surface area contributed by atoms with E-state index in [9.17, 15) is 13.5 Å². The lowest BCUT2D eigenvalue weighted by Gasteiger charge is -2.15. The average molecular weight is 516 g/mol. The van der Waals surface area contributed by atoms with Gasteiger partial charge in [-0.05, 0) is 55.0 Å². The molecule has 1 atom stereocenters. The third-order valence-electron chi connectivity index (χ3n) is 5.41. The first-order valence-corrected chi connectivity index (χ1v) is 12.7. The van der Waals surface area contributed by atoms with Gasteiger partial charge in [-0.2, -0.15) is 5.10 Å². The number of nitrogens with two attached hydrogens (primary N) is 1.